The Morgan fingerprint density at radius 3 is 2.80 bits per heavy atom. The molecule has 1 atom stereocenters. The number of nitrogens with one attached hydrogen (secondary N) is 1. The highest BCUT2D eigenvalue weighted by Crippen LogP contribution is 2.24. The molecule has 1 amide bonds. The van der Waals surface area contributed by atoms with Gasteiger partial charge in [-0.05, 0) is 40.5 Å². The Balaban J connectivity index is 2.19. The molecular formula is C12H14BrFN2O3S. The molecule has 0 aromatic heterocycles. The number of rotatable bonds is 3. The van der Waals surface area contributed by atoms with Crippen LogP contribution in [-0.2, 0) is 14.8 Å². The number of sulfonamides is 1. The van der Waals surface area contributed by atoms with Gasteiger partial charge < -0.3 is 5.32 Å². The molecule has 1 fully saturated rings. The van der Waals surface area contributed by atoms with Gasteiger partial charge in [-0.25, -0.2) is 12.8 Å². The Morgan fingerprint density at radius 1 is 1.50 bits per heavy atom. The van der Waals surface area contributed by atoms with Crippen LogP contribution in [-0.4, -0.2) is 37.8 Å². The first kappa shape index (κ1) is 15.4. The van der Waals surface area contributed by atoms with Gasteiger partial charge in [0, 0.05) is 26.1 Å². The van der Waals surface area contributed by atoms with Crippen LogP contribution < -0.4 is 5.32 Å². The summed E-state index contributed by atoms with van der Waals surface area (Å²) in [4.78, 5) is 10.9. The third-order valence-electron chi connectivity index (χ3n) is 3.09. The molecule has 0 radical (unpaired) electrons. The van der Waals surface area contributed by atoms with Crippen molar-refractivity contribution in [3.63, 3.8) is 0 Å². The van der Waals surface area contributed by atoms with Gasteiger partial charge in [-0.2, -0.15) is 4.31 Å². The third kappa shape index (κ3) is 3.18. The predicted molar refractivity (Wildman–Crippen MR) is 75.1 cm³/mol. The standard InChI is InChI=1S/C12H14BrFN2O3S/c1-8(17)15-9-4-5-16(7-9)20(18,19)10-2-3-11(13)12(14)6-10/h2-3,6,9H,4-5,7H2,1H3,(H,15,17). The van der Waals surface area contributed by atoms with Crippen molar-refractivity contribution in [1.82, 2.24) is 9.62 Å². The highest BCUT2D eigenvalue weighted by atomic mass is 79.9. The van der Waals surface area contributed by atoms with E-state index in [1.54, 1.807) is 0 Å². The van der Waals surface area contributed by atoms with E-state index < -0.39 is 15.8 Å². The number of halogens is 2. The number of carbonyl (C=O) groups is 1. The Labute approximate surface area is 125 Å². The second-order valence-electron chi connectivity index (χ2n) is 4.63. The molecule has 0 bridgehead atoms. The van der Waals surface area contributed by atoms with E-state index in [4.69, 9.17) is 0 Å². The average molecular weight is 365 g/mol. The van der Waals surface area contributed by atoms with Crippen molar-refractivity contribution < 1.29 is 17.6 Å². The molecule has 5 nitrogen and oxygen atoms in total. The number of carbonyl (C=O) groups excluding carboxylic acids is 1. The van der Waals surface area contributed by atoms with Gasteiger partial charge in [-0.1, -0.05) is 0 Å². The van der Waals surface area contributed by atoms with Gasteiger partial charge in [0.25, 0.3) is 0 Å². The number of hydrogen-bond acceptors (Lipinski definition) is 3. The molecule has 110 valence electrons. The minimum Gasteiger partial charge on any atom is -0.352 e. The zero-order valence-electron chi connectivity index (χ0n) is 10.8. The smallest absolute Gasteiger partial charge is 0.243 e. The zero-order chi connectivity index (χ0) is 14.9. The van der Waals surface area contributed by atoms with Crippen molar-refractivity contribution in [3.8, 4) is 0 Å². The lowest BCUT2D eigenvalue weighted by atomic mass is 10.3. The van der Waals surface area contributed by atoms with Gasteiger partial charge in [0.1, 0.15) is 5.82 Å². The van der Waals surface area contributed by atoms with Crippen LogP contribution in [0.15, 0.2) is 27.6 Å². The van der Waals surface area contributed by atoms with E-state index in [0.29, 0.717) is 13.0 Å². The van der Waals surface area contributed by atoms with Gasteiger partial charge >= 0.3 is 0 Å². The first-order valence-electron chi connectivity index (χ1n) is 6.03. The maximum absolute atomic E-state index is 13.5. The molecule has 1 aliphatic heterocycles. The van der Waals surface area contributed by atoms with Gasteiger partial charge in [0.2, 0.25) is 15.9 Å². The minimum atomic E-state index is -3.73. The maximum atomic E-state index is 13.5. The van der Waals surface area contributed by atoms with E-state index in [0.717, 1.165) is 6.07 Å². The summed E-state index contributed by atoms with van der Waals surface area (Å²) < 4.78 is 39.7. The number of benzene rings is 1. The largest absolute Gasteiger partial charge is 0.352 e. The molecular weight excluding hydrogens is 351 g/mol. The van der Waals surface area contributed by atoms with E-state index in [-0.39, 0.29) is 27.9 Å². The molecule has 1 saturated heterocycles. The molecule has 0 aliphatic carbocycles. The summed E-state index contributed by atoms with van der Waals surface area (Å²) >= 11 is 2.99. The molecule has 8 heteroatoms. The first-order valence-corrected chi connectivity index (χ1v) is 8.26. The minimum absolute atomic E-state index is 0.0818. The fraction of sp³-hybridized carbons (Fsp3) is 0.417. The van der Waals surface area contributed by atoms with Crippen LogP contribution in [0.25, 0.3) is 0 Å². The van der Waals surface area contributed by atoms with Crippen molar-refractivity contribution >= 4 is 31.9 Å². The molecule has 1 N–H and O–H groups in total. The summed E-state index contributed by atoms with van der Waals surface area (Å²) in [5.74, 6) is -0.812. The lowest BCUT2D eigenvalue weighted by Crippen LogP contribution is -2.37. The van der Waals surface area contributed by atoms with Gasteiger partial charge in [-0.3, -0.25) is 4.79 Å². The fourth-order valence-corrected chi connectivity index (χ4v) is 3.90. The Bertz CT molecular complexity index is 636. The summed E-state index contributed by atoms with van der Waals surface area (Å²) in [5.41, 5.74) is 0. The van der Waals surface area contributed by atoms with E-state index in [9.17, 15) is 17.6 Å². The lowest BCUT2D eigenvalue weighted by molar-refractivity contribution is -0.119. The van der Waals surface area contributed by atoms with Gasteiger partial charge in [-0.15, -0.1) is 0 Å². The van der Waals surface area contributed by atoms with Crippen LogP contribution in [0.2, 0.25) is 0 Å². The first-order chi connectivity index (χ1) is 9.30. The van der Waals surface area contributed by atoms with Crippen LogP contribution in [0, 0.1) is 5.82 Å². The number of hydrogen-bond donors (Lipinski definition) is 1. The highest BCUT2D eigenvalue weighted by Gasteiger charge is 2.33. The normalized spacial score (nSPS) is 20.1. The van der Waals surface area contributed by atoms with Crippen LogP contribution in [0.5, 0.6) is 0 Å². The molecule has 2 rings (SSSR count). The molecule has 1 heterocycles. The van der Waals surface area contributed by atoms with Crippen molar-refractivity contribution in [3.05, 3.63) is 28.5 Å². The van der Waals surface area contributed by atoms with Gasteiger partial charge in [0.05, 0.1) is 9.37 Å². The molecule has 1 aliphatic rings. The highest BCUT2D eigenvalue weighted by molar-refractivity contribution is 9.10. The van der Waals surface area contributed by atoms with Gasteiger partial charge in [0.15, 0.2) is 0 Å². The van der Waals surface area contributed by atoms with Crippen molar-refractivity contribution in [2.24, 2.45) is 0 Å². The topological polar surface area (TPSA) is 66.5 Å². The average Bonchev–Trinajstić information content (AvgIpc) is 2.80. The van der Waals surface area contributed by atoms with Crippen LogP contribution >= 0.6 is 15.9 Å². The Morgan fingerprint density at radius 2 is 2.20 bits per heavy atom. The maximum Gasteiger partial charge on any atom is 0.243 e. The quantitative estimate of drug-likeness (QED) is 0.883. The molecule has 1 aromatic rings. The fourth-order valence-electron chi connectivity index (χ4n) is 2.14. The van der Waals surface area contributed by atoms with Crippen molar-refractivity contribution in [1.29, 1.82) is 0 Å². The van der Waals surface area contributed by atoms with Crippen LogP contribution in [0.1, 0.15) is 13.3 Å². The Kier molecular flexibility index (Phi) is 4.46. The SMILES string of the molecule is CC(=O)NC1CCN(S(=O)(=O)c2ccc(Br)c(F)c2)C1. The third-order valence-corrected chi connectivity index (χ3v) is 5.59. The summed E-state index contributed by atoms with van der Waals surface area (Å²) in [6, 6.07) is 3.52. The molecule has 1 unspecified atom stereocenters. The van der Waals surface area contributed by atoms with Crippen molar-refractivity contribution in [2.75, 3.05) is 13.1 Å². The summed E-state index contributed by atoms with van der Waals surface area (Å²) in [6.07, 6.45) is 0.553. The molecule has 20 heavy (non-hydrogen) atoms. The summed E-state index contributed by atoms with van der Waals surface area (Å²) in [5, 5.41) is 2.69. The van der Waals surface area contributed by atoms with Crippen LogP contribution in [0.3, 0.4) is 0 Å². The second-order valence-corrected chi connectivity index (χ2v) is 7.42. The predicted octanol–water partition coefficient (Wildman–Crippen LogP) is 1.49. The monoisotopic (exact) mass is 364 g/mol. The van der Waals surface area contributed by atoms with E-state index in [1.807, 2.05) is 0 Å². The Hall–Kier alpha value is -0.990. The molecule has 0 saturated carbocycles. The molecule has 0 spiro atoms. The number of nitrogens with zero attached hydrogens (tertiary/aromatic N) is 1. The van der Waals surface area contributed by atoms with E-state index >= 15 is 0 Å². The second kappa shape index (κ2) is 5.79. The van der Waals surface area contributed by atoms with E-state index in [1.165, 1.54) is 23.4 Å². The van der Waals surface area contributed by atoms with E-state index in [2.05, 4.69) is 21.2 Å². The summed E-state index contributed by atoms with van der Waals surface area (Å²) in [7, 11) is -3.73. The van der Waals surface area contributed by atoms with Crippen molar-refractivity contribution in [2.45, 2.75) is 24.3 Å². The van der Waals surface area contributed by atoms with Crippen LogP contribution in [0.4, 0.5) is 4.39 Å². The lowest BCUT2D eigenvalue weighted by Gasteiger charge is -2.17. The number of amides is 1. The zero-order valence-corrected chi connectivity index (χ0v) is 13.2. The molecule has 1 aromatic carbocycles. The summed E-state index contributed by atoms with van der Waals surface area (Å²) in [6.45, 7) is 1.91.